The second-order valence-corrected chi connectivity index (χ2v) is 14.9. The van der Waals surface area contributed by atoms with E-state index in [2.05, 4.69) is 50.2 Å². The lowest BCUT2D eigenvalue weighted by Crippen LogP contribution is -2.22. The molecule has 0 atom stereocenters. The Labute approximate surface area is 196 Å². The predicted molar refractivity (Wildman–Crippen MR) is 127 cm³/mol. The molecule has 0 radical (unpaired) electrons. The van der Waals surface area contributed by atoms with Crippen LogP contribution in [0, 0.1) is 6.92 Å². The molecule has 0 bridgehead atoms. The maximum atomic E-state index is 6.14. The molecule has 4 heterocycles. The molecule has 0 aliphatic rings. The van der Waals surface area contributed by atoms with E-state index in [1.54, 1.807) is 15.3 Å². The van der Waals surface area contributed by atoms with Crippen molar-refractivity contribution in [2.75, 3.05) is 6.61 Å². The van der Waals surface area contributed by atoms with E-state index in [1.807, 2.05) is 31.2 Å². The Morgan fingerprint density at radius 2 is 1.91 bits per heavy atom. The molecule has 0 unspecified atom stereocenters. The monoisotopic (exact) mass is 478 g/mol. The van der Waals surface area contributed by atoms with Gasteiger partial charge in [-0.25, -0.2) is 9.67 Å². The Kier molecular flexibility index (Phi) is 5.83. The molecule has 5 aromatic rings. The predicted octanol–water partition coefficient (Wildman–Crippen LogP) is 3.72. The Balaban J connectivity index is 1.41. The Morgan fingerprint density at radius 3 is 2.68 bits per heavy atom. The molecule has 0 aliphatic carbocycles. The Bertz CT molecular complexity index is 1440. The fourth-order valence-corrected chi connectivity index (χ4v) is 4.22. The van der Waals surface area contributed by atoms with Gasteiger partial charge in [-0.05, 0) is 19.0 Å². The van der Waals surface area contributed by atoms with Crippen molar-refractivity contribution in [2.45, 2.75) is 45.9 Å². The standard InChI is InChI=1S/C22H26N8O3Si/c1-15-11-18(28-33-15)21-26-25-20-16-7-5-6-8-17(16)22(27-30(20)21)32-12-19-23-13-24-29(19)14-31-9-10-34(2,3)4/h5-8,11,13H,9-10,12,14H2,1-4H3. The molecule has 1 aromatic carbocycles. The molecule has 0 saturated heterocycles. The summed E-state index contributed by atoms with van der Waals surface area (Å²) in [6.45, 7) is 10.0. The summed E-state index contributed by atoms with van der Waals surface area (Å²) < 4.78 is 20.5. The number of aryl methyl sites for hydroxylation is 1. The van der Waals surface area contributed by atoms with Crippen LogP contribution in [-0.4, -0.2) is 54.4 Å². The minimum Gasteiger partial charge on any atom is -0.468 e. The van der Waals surface area contributed by atoms with Crippen LogP contribution < -0.4 is 4.74 Å². The third kappa shape index (κ3) is 4.54. The summed E-state index contributed by atoms with van der Waals surface area (Å²) in [7, 11) is -1.15. The highest BCUT2D eigenvalue weighted by molar-refractivity contribution is 6.76. The normalized spacial score (nSPS) is 12.1. The molecule has 12 heteroatoms. The fraction of sp³-hybridized carbons (Fsp3) is 0.364. The average Bonchev–Trinajstić information content (AvgIpc) is 3.54. The van der Waals surface area contributed by atoms with Crippen molar-refractivity contribution in [3.05, 3.63) is 48.2 Å². The van der Waals surface area contributed by atoms with Crippen LogP contribution in [-0.2, 0) is 18.1 Å². The first-order chi connectivity index (χ1) is 16.4. The van der Waals surface area contributed by atoms with Crippen molar-refractivity contribution < 1.29 is 14.0 Å². The largest absolute Gasteiger partial charge is 0.468 e. The van der Waals surface area contributed by atoms with Gasteiger partial charge in [-0.15, -0.1) is 15.3 Å². The molecule has 4 aromatic heterocycles. The molecular weight excluding hydrogens is 452 g/mol. The zero-order chi connectivity index (χ0) is 23.7. The van der Waals surface area contributed by atoms with E-state index in [0.717, 1.165) is 16.8 Å². The van der Waals surface area contributed by atoms with Crippen LogP contribution in [0.4, 0.5) is 0 Å². The second kappa shape index (κ2) is 8.95. The van der Waals surface area contributed by atoms with Gasteiger partial charge < -0.3 is 14.0 Å². The molecule has 0 fully saturated rings. The van der Waals surface area contributed by atoms with Crippen LogP contribution in [0.15, 0.2) is 41.2 Å². The van der Waals surface area contributed by atoms with Gasteiger partial charge in [-0.2, -0.15) is 9.61 Å². The van der Waals surface area contributed by atoms with Gasteiger partial charge in [0.25, 0.3) is 0 Å². The molecule has 176 valence electrons. The first kappa shape index (κ1) is 22.2. The number of aromatic nitrogens is 8. The first-order valence-electron chi connectivity index (χ1n) is 11.0. The van der Waals surface area contributed by atoms with E-state index in [9.17, 15) is 0 Å². The van der Waals surface area contributed by atoms with Gasteiger partial charge in [0.15, 0.2) is 17.2 Å². The number of benzene rings is 1. The summed E-state index contributed by atoms with van der Waals surface area (Å²) in [5.41, 5.74) is 1.16. The molecule has 5 rings (SSSR count). The molecule has 11 nitrogen and oxygen atoms in total. The average molecular weight is 479 g/mol. The minimum atomic E-state index is -1.15. The third-order valence-electron chi connectivity index (χ3n) is 5.33. The highest BCUT2D eigenvalue weighted by atomic mass is 28.3. The zero-order valence-electron chi connectivity index (χ0n) is 19.6. The van der Waals surface area contributed by atoms with Gasteiger partial charge >= 0.3 is 0 Å². The number of hydrogen-bond donors (Lipinski definition) is 0. The maximum absolute atomic E-state index is 6.14. The lowest BCUT2D eigenvalue weighted by molar-refractivity contribution is 0.0732. The maximum Gasteiger partial charge on any atom is 0.240 e. The number of rotatable bonds is 9. The summed E-state index contributed by atoms with van der Waals surface area (Å²) in [6, 6.07) is 10.7. The summed E-state index contributed by atoms with van der Waals surface area (Å²) in [6.07, 6.45) is 1.50. The van der Waals surface area contributed by atoms with Crippen LogP contribution >= 0.6 is 0 Å². The van der Waals surface area contributed by atoms with Crippen molar-refractivity contribution in [3.8, 4) is 17.4 Å². The molecular formula is C22H26N8O3Si. The summed E-state index contributed by atoms with van der Waals surface area (Å²) >= 11 is 0. The number of ether oxygens (including phenoxy) is 2. The fourth-order valence-electron chi connectivity index (χ4n) is 3.46. The Morgan fingerprint density at radius 1 is 1.09 bits per heavy atom. The van der Waals surface area contributed by atoms with Gasteiger partial charge in [0, 0.05) is 31.5 Å². The Hall–Kier alpha value is -3.64. The molecule has 0 amide bonds. The van der Waals surface area contributed by atoms with Gasteiger partial charge in [0.1, 0.15) is 25.4 Å². The molecule has 0 aliphatic heterocycles. The number of hydrogen-bond acceptors (Lipinski definition) is 9. The van der Waals surface area contributed by atoms with E-state index in [1.165, 1.54) is 6.33 Å². The van der Waals surface area contributed by atoms with Crippen LogP contribution in [0.25, 0.3) is 27.9 Å². The molecule has 0 spiro atoms. The van der Waals surface area contributed by atoms with E-state index in [0.29, 0.717) is 48.0 Å². The third-order valence-corrected chi connectivity index (χ3v) is 7.03. The van der Waals surface area contributed by atoms with E-state index in [-0.39, 0.29) is 6.61 Å². The highest BCUT2D eigenvalue weighted by Crippen LogP contribution is 2.29. The molecule has 0 saturated carbocycles. The van der Waals surface area contributed by atoms with Gasteiger partial charge in [0.2, 0.25) is 11.7 Å². The summed E-state index contributed by atoms with van der Waals surface area (Å²) in [4.78, 5) is 4.33. The number of nitrogens with zero attached hydrogens (tertiary/aromatic N) is 8. The summed E-state index contributed by atoms with van der Waals surface area (Å²) in [5, 5.41) is 23.3. The van der Waals surface area contributed by atoms with E-state index >= 15 is 0 Å². The topological polar surface area (TPSA) is 118 Å². The first-order valence-corrected chi connectivity index (χ1v) is 14.7. The van der Waals surface area contributed by atoms with Crippen molar-refractivity contribution in [1.29, 1.82) is 0 Å². The lowest BCUT2D eigenvalue weighted by atomic mass is 10.2. The van der Waals surface area contributed by atoms with Crippen LogP contribution in [0.5, 0.6) is 5.88 Å². The van der Waals surface area contributed by atoms with Gasteiger partial charge in [-0.1, -0.05) is 43.0 Å². The molecule has 34 heavy (non-hydrogen) atoms. The van der Waals surface area contributed by atoms with Crippen LogP contribution in [0.2, 0.25) is 25.7 Å². The van der Waals surface area contributed by atoms with Gasteiger partial charge in [-0.3, -0.25) is 0 Å². The smallest absolute Gasteiger partial charge is 0.240 e. The van der Waals surface area contributed by atoms with E-state index in [4.69, 9.17) is 14.0 Å². The highest BCUT2D eigenvalue weighted by Gasteiger charge is 2.19. The van der Waals surface area contributed by atoms with Gasteiger partial charge in [0.05, 0.1) is 0 Å². The van der Waals surface area contributed by atoms with Crippen molar-refractivity contribution in [1.82, 2.24) is 39.7 Å². The van der Waals surface area contributed by atoms with Crippen LogP contribution in [0.3, 0.4) is 0 Å². The summed E-state index contributed by atoms with van der Waals surface area (Å²) in [5.74, 6) is 2.23. The second-order valence-electron chi connectivity index (χ2n) is 9.25. The molecule has 0 N–H and O–H groups in total. The van der Waals surface area contributed by atoms with Crippen molar-refractivity contribution >= 4 is 24.5 Å². The van der Waals surface area contributed by atoms with Crippen molar-refractivity contribution in [2.24, 2.45) is 0 Å². The quantitative estimate of drug-likeness (QED) is 0.231. The minimum absolute atomic E-state index is 0.181. The van der Waals surface area contributed by atoms with E-state index < -0.39 is 8.07 Å². The van der Waals surface area contributed by atoms with Crippen molar-refractivity contribution in [3.63, 3.8) is 0 Å². The SMILES string of the molecule is Cc1cc(-c2nnc3c4ccccc4c(OCc4ncnn4COCC[Si](C)(C)C)nn23)no1. The van der Waals surface area contributed by atoms with Crippen LogP contribution in [0.1, 0.15) is 11.6 Å². The lowest BCUT2D eigenvalue weighted by Gasteiger charge is -2.15. The zero-order valence-corrected chi connectivity index (χ0v) is 20.6. The number of fused-ring (bicyclic) bond motifs is 3.